The van der Waals surface area contributed by atoms with Gasteiger partial charge in [0.05, 0.1) is 20.0 Å². The zero-order valence-corrected chi connectivity index (χ0v) is 16.7. The van der Waals surface area contributed by atoms with Gasteiger partial charge >= 0.3 is 0 Å². The molecule has 1 amide bonds. The third-order valence-corrected chi connectivity index (χ3v) is 4.64. The molecule has 146 valence electrons. The summed E-state index contributed by atoms with van der Waals surface area (Å²) in [5.41, 5.74) is 5.71. The molecule has 0 radical (unpaired) electrons. The lowest BCUT2D eigenvalue weighted by atomic mass is 9.99. The summed E-state index contributed by atoms with van der Waals surface area (Å²) in [6, 6.07) is 12.2. The number of ether oxygens (including phenoxy) is 2. The molecule has 0 fully saturated rings. The summed E-state index contributed by atoms with van der Waals surface area (Å²) in [5, 5.41) is 3.78. The smallest absolute Gasteiger partial charge is 0.244 e. The van der Waals surface area contributed by atoms with Crippen LogP contribution >= 0.6 is 0 Å². The molecule has 0 saturated heterocycles. The number of furan rings is 1. The fourth-order valence-electron chi connectivity index (χ4n) is 3.09. The summed E-state index contributed by atoms with van der Waals surface area (Å²) in [6.45, 7) is 4.90. The Kier molecular flexibility index (Phi) is 6.16. The van der Waals surface area contributed by atoms with Crippen molar-refractivity contribution in [3.05, 3.63) is 59.9 Å². The van der Waals surface area contributed by atoms with Crippen molar-refractivity contribution in [2.24, 2.45) is 0 Å². The van der Waals surface area contributed by atoms with Crippen LogP contribution in [-0.4, -0.2) is 33.3 Å². The molecule has 28 heavy (non-hydrogen) atoms. The molecule has 5 heteroatoms. The summed E-state index contributed by atoms with van der Waals surface area (Å²) in [4.78, 5) is 12.1. The van der Waals surface area contributed by atoms with Crippen molar-refractivity contribution >= 4 is 22.4 Å². The van der Waals surface area contributed by atoms with E-state index in [1.807, 2.05) is 19.1 Å². The number of hydrogen-bond acceptors (Lipinski definition) is 4. The highest BCUT2D eigenvalue weighted by molar-refractivity contribution is 6.00. The number of hydrogen-bond donors (Lipinski definition) is 1. The standard InChI is InChI=1S/C23H25NO4/c1-15-5-7-17(8-6-15)20-14-28-22-13-21(27-4)18(12-19(20)22)16(2)11-23(25)24-9-10-26-3/h5-8,11-14H,9-10H2,1-4H3,(H,24,25)/b16-11+. The molecule has 0 aliphatic carbocycles. The quantitative estimate of drug-likeness (QED) is 0.482. The SMILES string of the molecule is COCCNC(=O)/C=C(\C)c1cc2c(-c3ccc(C)cc3)coc2cc1OC. The van der Waals surface area contributed by atoms with E-state index >= 15 is 0 Å². The van der Waals surface area contributed by atoms with Gasteiger partial charge < -0.3 is 19.2 Å². The second kappa shape index (κ2) is 8.76. The van der Waals surface area contributed by atoms with E-state index in [0.29, 0.717) is 18.9 Å². The Morgan fingerprint density at radius 2 is 1.93 bits per heavy atom. The minimum atomic E-state index is -0.164. The largest absolute Gasteiger partial charge is 0.496 e. The van der Waals surface area contributed by atoms with Gasteiger partial charge in [0.15, 0.2) is 0 Å². The third kappa shape index (κ3) is 4.26. The highest BCUT2D eigenvalue weighted by Gasteiger charge is 2.15. The Bertz CT molecular complexity index is 999. The Morgan fingerprint density at radius 3 is 2.61 bits per heavy atom. The van der Waals surface area contributed by atoms with Gasteiger partial charge in [0, 0.05) is 42.3 Å². The van der Waals surface area contributed by atoms with E-state index in [0.717, 1.165) is 33.2 Å². The predicted molar refractivity (Wildman–Crippen MR) is 111 cm³/mol. The van der Waals surface area contributed by atoms with Crippen LogP contribution in [0.15, 0.2) is 53.2 Å². The highest BCUT2D eigenvalue weighted by Crippen LogP contribution is 2.37. The first-order valence-electron chi connectivity index (χ1n) is 9.15. The van der Waals surface area contributed by atoms with Gasteiger partial charge in [-0.3, -0.25) is 4.79 Å². The average Bonchev–Trinajstić information content (AvgIpc) is 3.10. The maximum Gasteiger partial charge on any atom is 0.244 e. The van der Waals surface area contributed by atoms with Crippen LogP contribution in [0.4, 0.5) is 0 Å². The van der Waals surface area contributed by atoms with Crippen LogP contribution in [0.3, 0.4) is 0 Å². The number of amides is 1. The monoisotopic (exact) mass is 379 g/mol. The molecule has 2 aromatic carbocycles. The van der Waals surface area contributed by atoms with Gasteiger partial charge in [0.1, 0.15) is 11.3 Å². The molecule has 0 saturated carbocycles. The maximum atomic E-state index is 12.1. The number of allylic oxidation sites excluding steroid dienone is 1. The van der Waals surface area contributed by atoms with Crippen LogP contribution in [0.5, 0.6) is 5.75 Å². The van der Waals surface area contributed by atoms with Crippen LogP contribution in [0.2, 0.25) is 0 Å². The number of rotatable bonds is 7. The fourth-order valence-corrected chi connectivity index (χ4v) is 3.09. The van der Waals surface area contributed by atoms with E-state index in [9.17, 15) is 4.79 Å². The molecule has 1 N–H and O–H groups in total. The van der Waals surface area contributed by atoms with Gasteiger partial charge in [-0.25, -0.2) is 0 Å². The van der Waals surface area contributed by atoms with E-state index in [1.54, 1.807) is 26.6 Å². The van der Waals surface area contributed by atoms with Gasteiger partial charge in [0.25, 0.3) is 0 Å². The Morgan fingerprint density at radius 1 is 1.18 bits per heavy atom. The Labute approximate surface area is 164 Å². The lowest BCUT2D eigenvalue weighted by Crippen LogP contribution is -2.25. The summed E-state index contributed by atoms with van der Waals surface area (Å²) in [6.07, 6.45) is 3.33. The third-order valence-electron chi connectivity index (χ3n) is 4.64. The predicted octanol–water partition coefficient (Wildman–Crippen LogP) is 4.58. The Balaban J connectivity index is 2.00. The van der Waals surface area contributed by atoms with Gasteiger partial charge in [-0.1, -0.05) is 29.8 Å². The van der Waals surface area contributed by atoms with Gasteiger partial charge in [-0.05, 0) is 31.1 Å². The van der Waals surface area contributed by atoms with Crippen LogP contribution in [0.25, 0.3) is 27.7 Å². The number of benzene rings is 2. The molecular weight excluding hydrogens is 354 g/mol. The lowest BCUT2D eigenvalue weighted by molar-refractivity contribution is -0.116. The second-order valence-corrected chi connectivity index (χ2v) is 6.68. The summed E-state index contributed by atoms with van der Waals surface area (Å²) in [7, 11) is 3.21. The number of nitrogens with one attached hydrogen (secondary N) is 1. The molecule has 3 aromatic rings. The fraction of sp³-hybridized carbons (Fsp3) is 0.261. The van der Waals surface area contributed by atoms with Crippen molar-refractivity contribution in [2.75, 3.05) is 27.4 Å². The number of carbonyl (C=O) groups is 1. The van der Waals surface area contributed by atoms with Crippen molar-refractivity contribution < 1.29 is 18.7 Å². The summed E-state index contributed by atoms with van der Waals surface area (Å²) < 4.78 is 16.3. The average molecular weight is 379 g/mol. The van der Waals surface area contributed by atoms with Crippen molar-refractivity contribution in [1.82, 2.24) is 5.32 Å². The van der Waals surface area contributed by atoms with Gasteiger partial charge in [0.2, 0.25) is 5.91 Å². The molecule has 5 nitrogen and oxygen atoms in total. The Hall–Kier alpha value is -3.05. The molecule has 0 spiro atoms. The van der Waals surface area contributed by atoms with Crippen molar-refractivity contribution in [3.8, 4) is 16.9 Å². The number of carbonyl (C=O) groups excluding carboxylic acids is 1. The zero-order chi connectivity index (χ0) is 20.1. The van der Waals surface area contributed by atoms with Crippen molar-refractivity contribution in [2.45, 2.75) is 13.8 Å². The molecule has 0 aliphatic rings. The summed E-state index contributed by atoms with van der Waals surface area (Å²) in [5.74, 6) is 0.499. The minimum absolute atomic E-state index is 0.164. The van der Waals surface area contributed by atoms with Crippen LogP contribution in [0, 0.1) is 6.92 Å². The van der Waals surface area contributed by atoms with E-state index in [2.05, 4.69) is 36.5 Å². The highest BCUT2D eigenvalue weighted by atomic mass is 16.5. The normalized spacial score (nSPS) is 11.6. The summed E-state index contributed by atoms with van der Waals surface area (Å²) >= 11 is 0. The molecule has 3 rings (SSSR count). The number of methoxy groups -OCH3 is 2. The molecule has 0 aliphatic heterocycles. The minimum Gasteiger partial charge on any atom is -0.496 e. The molecule has 0 atom stereocenters. The molecule has 0 unspecified atom stereocenters. The molecule has 1 heterocycles. The van der Waals surface area contributed by atoms with Crippen LogP contribution < -0.4 is 10.1 Å². The number of fused-ring (bicyclic) bond motifs is 1. The van der Waals surface area contributed by atoms with E-state index in [4.69, 9.17) is 13.9 Å². The van der Waals surface area contributed by atoms with Crippen LogP contribution in [0.1, 0.15) is 18.1 Å². The van der Waals surface area contributed by atoms with E-state index in [1.165, 1.54) is 5.56 Å². The first kappa shape index (κ1) is 19.7. The maximum absolute atomic E-state index is 12.1. The first-order valence-corrected chi connectivity index (χ1v) is 9.15. The van der Waals surface area contributed by atoms with Crippen molar-refractivity contribution in [1.29, 1.82) is 0 Å². The lowest BCUT2D eigenvalue weighted by Gasteiger charge is -2.10. The number of aryl methyl sites for hydroxylation is 1. The van der Waals surface area contributed by atoms with E-state index in [-0.39, 0.29) is 5.91 Å². The zero-order valence-electron chi connectivity index (χ0n) is 16.7. The molecular formula is C23H25NO4. The first-order chi connectivity index (χ1) is 13.5. The van der Waals surface area contributed by atoms with Gasteiger partial charge in [-0.15, -0.1) is 0 Å². The molecule has 1 aromatic heterocycles. The van der Waals surface area contributed by atoms with Gasteiger partial charge in [-0.2, -0.15) is 0 Å². The second-order valence-electron chi connectivity index (χ2n) is 6.68. The molecule has 0 bridgehead atoms. The topological polar surface area (TPSA) is 60.7 Å². The van der Waals surface area contributed by atoms with Crippen molar-refractivity contribution in [3.63, 3.8) is 0 Å². The van der Waals surface area contributed by atoms with E-state index < -0.39 is 0 Å². The van der Waals surface area contributed by atoms with Crippen LogP contribution in [-0.2, 0) is 9.53 Å².